The summed E-state index contributed by atoms with van der Waals surface area (Å²) < 4.78 is 212. The van der Waals surface area contributed by atoms with E-state index in [0.717, 1.165) is 0 Å². The van der Waals surface area contributed by atoms with Crippen LogP contribution in [0.4, 0.5) is 23.3 Å². The van der Waals surface area contributed by atoms with Gasteiger partial charge in [0.15, 0.2) is 0 Å². The van der Waals surface area contributed by atoms with Crippen LogP contribution in [0.1, 0.15) is 0 Å². The van der Waals surface area contributed by atoms with E-state index in [-0.39, 0.29) is 31.1 Å². The van der Waals surface area contributed by atoms with Crippen molar-refractivity contribution in [2.24, 2.45) is 0 Å². The van der Waals surface area contributed by atoms with Crippen molar-refractivity contribution in [3.63, 3.8) is 0 Å². The minimum Gasteiger partial charge on any atom is -0.722 e. The average Bonchev–Trinajstić information content (AvgIpc) is 1.94. The van der Waals surface area contributed by atoms with Gasteiger partial charge in [0.25, 0.3) is 63.0 Å². The Balaban J connectivity index is -0.0000000443. The van der Waals surface area contributed by atoms with Crippen molar-refractivity contribution in [3.8, 4) is 0 Å². The molecule has 0 radical (unpaired) electrons. The maximum absolute atomic E-state index is 10.1. The molecule has 0 unspecified atom stereocenters. The fourth-order valence-corrected chi connectivity index (χ4v) is 0. The molecule has 18 nitrogen and oxygen atoms in total. The molecule has 0 bridgehead atoms. The largest absolute Gasteiger partial charge is 0.722 e. The Hall–Kier alpha value is 0.0919. The monoisotopic (exact) mass is 832 g/mol. The first-order valence-electron chi connectivity index (χ1n) is 3.93. The van der Waals surface area contributed by atoms with Crippen molar-refractivity contribution in [1.82, 2.24) is 0 Å². The minimum absolute atomic E-state index is 0. The van der Waals surface area contributed by atoms with Crippen LogP contribution in [-0.2, 0) is 63.0 Å². The molecular formula is F6O18S6U-6. The Morgan fingerprint density at radius 1 is 0.290 bits per heavy atom. The summed E-state index contributed by atoms with van der Waals surface area (Å²) in [5.41, 5.74) is 0. The summed E-state index contributed by atoms with van der Waals surface area (Å²) in [5, 5.41) is 0. The second-order valence-corrected chi connectivity index (χ2v) is 7.08. The van der Waals surface area contributed by atoms with E-state index in [0.29, 0.717) is 0 Å². The fraction of sp³-hybridized carbons (Fsp3) is 0. The Kier molecular flexibility index (Phi) is 30.6. The van der Waals surface area contributed by atoms with Crippen LogP contribution in [0.5, 0.6) is 0 Å². The van der Waals surface area contributed by atoms with Crippen LogP contribution in [-0.4, -0.2) is 77.8 Å². The van der Waals surface area contributed by atoms with Gasteiger partial charge in [-0.1, -0.05) is 0 Å². The molecule has 0 aromatic carbocycles. The van der Waals surface area contributed by atoms with Gasteiger partial charge in [0.1, 0.15) is 0 Å². The van der Waals surface area contributed by atoms with Crippen molar-refractivity contribution in [2.75, 3.05) is 0 Å². The van der Waals surface area contributed by atoms with Crippen LogP contribution < -0.4 is 0 Å². The van der Waals surface area contributed by atoms with Crippen LogP contribution in [0.3, 0.4) is 0 Å². The molecule has 0 aliphatic carbocycles. The summed E-state index contributed by atoms with van der Waals surface area (Å²) >= 11 is 0. The SMILES string of the molecule is O=S(=O)([O-])F.O=S(=O)([O-])F.O=S(=O)([O-])F.O=S(=O)([O-])F.O=S(=O)([O-])F.O=S(=O)([O-])F.[U]. The van der Waals surface area contributed by atoms with Gasteiger partial charge in [-0.25, -0.2) is 50.5 Å². The topological polar surface area (TPSA) is 343 Å². The van der Waals surface area contributed by atoms with E-state index in [1.165, 1.54) is 0 Å². The Bertz CT molecular complexity index is 779. The predicted molar refractivity (Wildman–Crippen MR) is 64.8 cm³/mol. The Labute approximate surface area is 194 Å². The molecule has 0 heterocycles. The third-order valence-corrected chi connectivity index (χ3v) is 0. The van der Waals surface area contributed by atoms with Gasteiger partial charge in [-0.05, 0) is 0 Å². The molecule has 0 atom stereocenters. The molecule has 0 fully saturated rings. The minimum atomic E-state index is -5.42. The summed E-state index contributed by atoms with van der Waals surface area (Å²) in [6.45, 7) is 0. The maximum Gasteiger partial charge on any atom is 0.255 e. The fourth-order valence-electron chi connectivity index (χ4n) is 0. The van der Waals surface area contributed by atoms with Crippen molar-refractivity contribution in [2.45, 2.75) is 0 Å². The molecular weight excluding hydrogens is 832 g/mol. The third-order valence-electron chi connectivity index (χ3n) is 0. The Morgan fingerprint density at radius 2 is 0.290 bits per heavy atom. The van der Waals surface area contributed by atoms with Gasteiger partial charge in [0, 0.05) is 31.1 Å². The third kappa shape index (κ3) is 2810000. The molecule has 0 aromatic rings. The molecule has 31 heavy (non-hydrogen) atoms. The van der Waals surface area contributed by atoms with E-state index in [1.807, 2.05) is 0 Å². The van der Waals surface area contributed by atoms with Gasteiger partial charge in [0.2, 0.25) is 0 Å². The summed E-state index contributed by atoms with van der Waals surface area (Å²) in [6, 6.07) is 0. The second-order valence-electron chi connectivity index (χ2n) is 2.36. The van der Waals surface area contributed by atoms with Gasteiger partial charge >= 0.3 is 0 Å². The number of rotatable bonds is 0. The first-order chi connectivity index (χ1) is 12.0. The maximum atomic E-state index is 10.1. The van der Waals surface area contributed by atoms with E-state index >= 15 is 0 Å². The molecule has 0 saturated carbocycles. The first-order valence-corrected chi connectivity index (χ1v) is 11.8. The summed E-state index contributed by atoms with van der Waals surface area (Å²) in [5.74, 6) is 0. The molecule has 0 amide bonds. The zero-order valence-electron chi connectivity index (χ0n) is 12.6. The normalized spacial score (nSPS) is 11.2. The quantitative estimate of drug-likeness (QED) is 0.130. The summed E-state index contributed by atoms with van der Waals surface area (Å²) in [6.07, 6.45) is 0. The molecule has 0 aliphatic heterocycles. The molecule has 0 N–H and O–H groups in total. The van der Waals surface area contributed by atoms with Gasteiger partial charge in [0.05, 0.1) is 0 Å². The van der Waals surface area contributed by atoms with E-state index in [1.54, 1.807) is 0 Å². The van der Waals surface area contributed by atoms with E-state index in [9.17, 15) is 23.3 Å². The second kappa shape index (κ2) is 19.6. The van der Waals surface area contributed by atoms with Crippen molar-refractivity contribution < 1.29 is 132 Å². The van der Waals surface area contributed by atoms with Crippen LogP contribution >= 0.6 is 0 Å². The molecule has 0 aliphatic rings. The van der Waals surface area contributed by atoms with Crippen molar-refractivity contribution in [1.29, 1.82) is 0 Å². The smallest absolute Gasteiger partial charge is 0.255 e. The summed E-state index contributed by atoms with van der Waals surface area (Å²) in [4.78, 5) is 0. The van der Waals surface area contributed by atoms with Crippen LogP contribution in [0.2, 0.25) is 0 Å². The number of halogens is 6. The standard InChI is InChI=1S/6FHO3S.U/c6*1-5(2,3)4;/h6*(H,2,3,4);/p-6. The van der Waals surface area contributed by atoms with Crippen molar-refractivity contribution >= 4 is 63.0 Å². The van der Waals surface area contributed by atoms with Crippen molar-refractivity contribution in [3.05, 3.63) is 0 Å². The molecule has 0 rings (SSSR count). The van der Waals surface area contributed by atoms with Crippen LogP contribution in [0, 0.1) is 31.1 Å². The van der Waals surface area contributed by atoms with E-state index in [4.69, 9.17) is 77.8 Å². The number of hydrogen-bond acceptors (Lipinski definition) is 18. The predicted octanol–water partition coefficient (Wildman–Crippen LogP) is -3.50. The zero-order chi connectivity index (χ0) is 27.0. The Morgan fingerprint density at radius 3 is 0.290 bits per heavy atom. The molecule has 0 aromatic heterocycles. The summed E-state index contributed by atoms with van der Waals surface area (Å²) in [7, 11) is -32.5. The van der Waals surface area contributed by atoms with Gasteiger partial charge in [-0.15, -0.1) is 23.3 Å². The molecule has 0 spiro atoms. The van der Waals surface area contributed by atoms with Gasteiger partial charge in [-0.2, -0.15) is 0 Å². The zero-order valence-corrected chi connectivity index (χ0v) is 21.6. The molecule has 31 heteroatoms. The average molecular weight is 832 g/mol. The van der Waals surface area contributed by atoms with Crippen LogP contribution in [0.15, 0.2) is 0 Å². The van der Waals surface area contributed by atoms with E-state index in [2.05, 4.69) is 0 Å². The van der Waals surface area contributed by atoms with Crippen LogP contribution in [0.25, 0.3) is 0 Å². The molecule has 0 saturated heterocycles. The van der Waals surface area contributed by atoms with E-state index < -0.39 is 63.0 Å². The first kappa shape index (κ1) is 48.5. The number of hydrogen-bond donors (Lipinski definition) is 0. The van der Waals surface area contributed by atoms with Gasteiger partial charge in [-0.3, -0.25) is 0 Å². The van der Waals surface area contributed by atoms with Gasteiger partial charge < -0.3 is 27.3 Å². The molecule has 196 valence electrons.